The molecule has 3 N–H and O–H groups in total. The SMILES string of the molecule is COC(=O)C1(O)CS(=O)C2CCCC(C)OC(=O)Cc3cc(O)cc(O)c3C(=O)C21. The van der Waals surface area contributed by atoms with Crippen LogP contribution >= 0.6 is 0 Å². The van der Waals surface area contributed by atoms with Gasteiger partial charge in [-0.3, -0.25) is 13.8 Å². The third kappa shape index (κ3) is 3.93. The predicted octanol–water partition coefficient (Wildman–Crippen LogP) is 0.590. The summed E-state index contributed by atoms with van der Waals surface area (Å²) in [5.74, 6) is -5.48. The molecule has 0 amide bonds. The molecule has 1 aromatic carbocycles. The van der Waals surface area contributed by atoms with Crippen LogP contribution in [0, 0.1) is 5.92 Å². The van der Waals surface area contributed by atoms with E-state index in [-0.39, 0.29) is 23.3 Å². The number of ketones is 1. The van der Waals surface area contributed by atoms with Crippen molar-refractivity contribution < 1.29 is 43.4 Å². The Bertz CT molecular complexity index is 912. The van der Waals surface area contributed by atoms with Crippen LogP contribution in [0.15, 0.2) is 12.1 Å². The number of rotatable bonds is 1. The molecule has 30 heavy (non-hydrogen) atoms. The minimum atomic E-state index is -2.33. The van der Waals surface area contributed by atoms with Gasteiger partial charge in [0.2, 0.25) is 0 Å². The fourth-order valence-corrected chi connectivity index (χ4v) is 6.28. The normalized spacial score (nSPS) is 32.2. The van der Waals surface area contributed by atoms with E-state index in [1.54, 1.807) is 6.92 Å². The summed E-state index contributed by atoms with van der Waals surface area (Å²) in [4.78, 5) is 38.2. The summed E-state index contributed by atoms with van der Waals surface area (Å²) < 4.78 is 22.8. The summed E-state index contributed by atoms with van der Waals surface area (Å²) in [6, 6.07) is 2.07. The highest BCUT2D eigenvalue weighted by atomic mass is 32.2. The van der Waals surface area contributed by atoms with Gasteiger partial charge in [0, 0.05) is 22.1 Å². The molecule has 0 radical (unpaired) electrons. The van der Waals surface area contributed by atoms with Crippen molar-refractivity contribution in [2.24, 2.45) is 5.92 Å². The van der Waals surface area contributed by atoms with E-state index in [1.807, 2.05) is 0 Å². The number of methoxy groups -OCH3 is 1. The second kappa shape index (κ2) is 8.35. The number of cyclic esters (lactones) is 1. The van der Waals surface area contributed by atoms with Gasteiger partial charge in [0.05, 0.1) is 36.9 Å². The van der Waals surface area contributed by atoms with Gasteiger partial charge in [-0.1, -0.05) is 0 Å². The van der Waals surface area contributed by atoms with Crippen molar-refractivity contribution in [3.8, 4) is 11.5 Å². The number of phenolic OH excluding ortho intramolecular Hbond substituents is 2. The Kier molecular flexibility index (Phi) is 6.19. The molecule has 2 heterocycles. The number of esters is 2. The quantitative estimate of drug-likeness (QED) is 0.534. The predicted molar refractivity (Wildman–Crippen MR) is 104 cm³/mol. The number of hydrogen-bond acceptors (Lipinski definition) is 9. The Morgan fingerprint density at radius 3 is 2.63 bits per heavy atom. The van der Waals surface area contributed by atoms with Crippen LogP contribution in [0.5, 0.6) is 11.5 Å². The molecule has 5 atom stereocenters. The average molecular weight is 440 g/mol. The van der Waals surface area contributed by atoms with Gasteiger partial charge in [-0.2, -0.15) is 0 Å². The van der Waals surface area contributed by atoms with Crippen LogP contribution in [0.1, 0.15) is 42.1 Å². The molecule has 0 aromatic heterocycles. The summed E-state index contributed by atoms with van der Waals surface area (Å²) >= 11 is 0. The molecule has 1 saturated heterocycles. The lowest BCUT2D eigenvalue weighted by molar-refractivity contribution is -0.163. The summed E-state index contributed by atoms with van der Waals surface area (Å²) in [6.45, 7) is 1.70. The van der Waals surface area contributed by atoms with Gasteiger partial charge in [-0.25, -0.2) is 4.79 Å². The molecule has 10 heteroatoms. The molecule has 0 spiro atoms. The molecule has 9 nitrogen and oxygen atoms in total. The van der Waals surface area contributed by atoms with Crippen molar-refractivity contribution in [3.05, 3.63) is 23.3 Å². The van der Waals surface area contributed by atoms with Gasteiger partial charge in [0.1, 0.15) is 11.5 Å². The van der Waals surface area contributed by atoms with Gasteiger partial charge >= 0.3 is 11.9 Å². The van der Waals surface area contributed by atoms with Gasteiger partial charge in [0.25, 0.3) is 0 Å². The molecule has 3 rings (SSSR count). The van der Waals surface area contributed by atoms with Crippen LogP contribution in [0.25, 0.3) is 0 Å². The minimum Gasteiger partial charge on any atom is -0.508 e. The number of carbonyl (C=O) groups excluding carboxylic acids is 3. The van der Waals surface area contributed by atoms with Crippen LogP contribution in [-0.2, 0) is 36.3 Å². The number of aliphatic hydroxyl groups is 1. The van der Waals surface area contributed by atoms with Crippen molar-refractivity contribution in [1.82, 2.24) is 0 Å². The molecule has 5 unspecified atom stereocenters. The maximum absolute atomic E-state index is 13.5. The van der Waals surface area contributed by atoms with Crippen LogP contribution in [0.3, 0.4) is 0 Å². The van der Waals surface area contributed by atoms with E-state index >= 15 is 0 Å². The largest absolute Gasteiger partial charge is 0.508 e. The molecule has 2 aliphatic heterocycles. The Morgan fingerprint density at radius 1 is 1.27 bits per heavy atom. The first-order valence-corrected chi connectivity index (χ1v) is 10.9. The van der Waals surface area contributed by atoms with Gasteiger partial charge in [0.15, 0.2) is 11.4 Å². The third-order valence-corrected chi connectivity index (χ3v) is 7.51. The number of carbonyl (C=O) groups is 3. The summed E-state index contributed by atoms with van der Waals surface area (Å²) in [5.41, 5.74) is -2.67. The number of benzene rings is 1. The first-order chi connectivity index (χ1) is 14.1. The van der Waals surface area contributed by atoms with Crippen molar-refractivity contribution in [1.29, 1.82) is 0 Å². The molecular formula is C20H24O9S. The minimum absolute atomic E-state index is 0.0149. The number of Topliss-reactive ketones (excluding diaryl/α,β-unsaturated/α-hetero) is 1. The Hall–Kier alpha value is -2.46. The van der Waals surface area contributed by atoms with Crippen LogP contribution in [0.2, 0.25) is 0 Å². The second-order valence-corrected chi connectivity index (χ2v) is 9.38. The number of phenols is 2. The van der Waals surface area contributed by atoms with Gasteiger partial charge in [-0.05, 0) is 37.8 Å². The van der Waals surface area contributed by atoms with Crippen molar-refractivity contribution >= 4 is 28.5 Å². The standard InChI is InChI=1S/C20H24O9S/c1-10-4-3-5-14-17(20(26,9-30(14)27)19(25)28-2)18(24)16-11(7-15(23)29-10)6-12(21)8-13(16)22/h6,8,10,14,17,21-22,26H,3-5,7,9H2,1-2H3. The highest BCUT2D eigenvalue weighted by molar-refractivity contribution is 7.86. The lowest BCUT2D eigenvalue weighted by Gasteiger charge is -2.29. The second-order valence-electron chi connectivity index (χ2n) is 7.73. The van der Waals surface area contributed by atoms with E-state index in [0.717, 1.165) is 19.2 Å². The molecular weight excluding hydrogens is 416 g/mol. The smallest absolute Gasteiger partial charge is 0.339 e. The van der Waals surface area contributed by atoms with Crippen molar-refractivity contribution in [2.45, 2.75) is 49.6 Å². The zero-order chi connectivity index (χ0) is 22.2. The number of hydrogen-bond donors (Lipinski definition) is 3. The first kappa shape index (κ1) is 22.2. The third-order valence-electron chi connectivity index (χ3n) is 5.60. The van der Waals surface area contributed by atoms with E-state index in [2.05, 4.69) is 4.74 Å². The number of ether oxygens (including phenoxy) is 2. The monoisotopic (exact) mass is 440 g/mol. The van der Waals surface area contributed by atoms with Crippen LogP contribution in [0.4, 0.5) is 0 Å². The van der Waals surface area contributed by atoms with Crippen LogP contribution < -0.4 is 0 Å². The topological polar surface area (TPSA) is 147 Å². The van der Waals surface area contributed by atoms with Crippen LogP contribution in [-0.4, -0.2) is 67.1 Å². The van der Waals surface area contributed by atoms with E-state index in [9.17, 15) is 33.9 Å². The molecule has 2 aliphatic rings. The molecule has 0 saturated carbocycles. The van der Waals surface area contributed by atoms with Crippen molar-refractivity contribution in [3.63, 3.8) is 0 Å². The van der Waals surface area contributed by atoms with Crippen molar-refractivity contribution in [2.75, 3.05) is 12.9 Å². The fraction of sp³-hybridized carbons (Fsp3) is 0.550. The molecule has 0 bridgehead atoms. The van der Waals surface area contributed by atoms with E-state index in [0.29, 0.717) is 12.8 Å². The first-order valence-electron chi connectivity index (χ1n) is 9.55. The molecule has 164 valence electrons. The summed E-state index contributed by atoms with van der Waals surface area (Å²) in [7, 11) is -0.657. The average Bonchev–Trinajstić information content (AvgIpc) is 2.90. The molecule has 0 aliphatic carbocycles. The van der Waals surface area contributed by atoms with Gasteiger partial charge in [-0.15, -0.1) is 0 Å². The Labute approximate surface area is 175 Å². The maximum atomic E-state index is 13.5. The maximum Gasteiger partial charge on any atom is 0.339 e. The highest BCUT2D eigenvalue weighted by Gasteiger charge is 2.60. The van der Waals surface area contributed by atoms with E-state index in [1.165, 1.54) is 0 Å². The lowest BCUT2D eigenvalue weighted by Crippen LogP contribution is -2.51. The summed E-state index contributed by atoms with van der Waals surface area (Å²) in [5, 5.41) is 30.4. The Balaban J connectivity index is 2.19. The molecule has 1 fully saturated rings. The molecule has 1 aromatic rings. The number of aromatic hydroxyl groups is 2. The lowest BCUT2D eigenvalue weighted by atomic mass is 9.78. The summed E-state index contributed by atoms with van der Waals surface area (Å²) in [6.07, 6.45) is 0.257. The Morgan fingerprint density at radius 2 is 1.97 bits per heavy atom. The van der Waals surface area contributed by atoms with E-state index in [4.69, 9.17) is 4.74 Å². The fourth-order valence-electron chi connectivity index (χ4n) is 4.25. The zero-order valence-electron chi connectivity index (χ0n) is 16.6. The highest BCUT2D eigenvalue weighted by Crippen LogP contribution is 2.42. The zero-order valence-corrected chi connectivity index (χ0v) is 17.4. The van der Waals surface area contributed by atoms with E-state index < -0.39 is 69.3 Å². The van der Waals surface area contributed by atoms with Gasteiger partial charge < -0.3 is 24.8 Å². The number of fused-ring (bicyclic) bond motifs is 2.